The molecule has 0 heterocycles. The van der Waals surface area contributed by atoms with Gasteiger partial charge in [0.05, 0.1) is 13.7 Å². The SMILES string of the molecule is CCOc1ccc(CNc2cc(F)ccc2C)cc1OC. The van der Waals surface area contributed by atoms with Crippen molar-refractivity contribution in [3.63, 3.8) is 0 Å². The van der Waals surface area contributed by atoms with Gasteiger partial charge in [-0.15, -0.1) is 0 Å². The second kappa shape index (κ2) is 6.97. The first-order valence-electron chi connectivity index (χ1n) is 6.93. The zero-order valence-corrected chi connectivity index (χ0v) is 12.6. The maximum atomic E-state index is 13.3. The number of methoxy groups -OCH3 is 1. The van der Waals surface area contributed by atoms with Crippen molar-refractivity contribution in [3.05, 3.63) is 53.3 Å². The molecule has 0 unspecified atom stereocenters. The van der Waals surface area contributed by atoms with Gasteiger partial charge in [-0.3, -0.25) is 0 Å². The van der Waals surface area contributed by atoms with Crippen LogP contribution >= 0.6 is 0 Å². The summed E-state index contributed by atoms with van der Waals surface area (Å²) in [6, 6.07) is 10.5. The quantitative estimate of drug-likeness (QED) is 0.866. The second-order valence-corrected chi connectivity index (χ2v) is 4.73. The van der Waals surface area contributed by atoms with Crippen LogP contribution in [0.1, 0.15) is 18.1 Å². The van der Waals surface area contributed by atoms with Crippen LogP contribution in [-0.4, -0.2) is 13.7 Å². The fourth-order valence-electron chi connectivity index (χ4n) is 2.08. The van der Waals surface area contributed by atoms with Crippen molar-refractivity contribution in [3.8, 4) is 11.5 Å². The standard InChI is InChI=1S/C17H20FNO2/c1-4-21-16-8-6-13(9-17(16)20-3)11-19-15-10-14(18)7-5-12(15)2/h5-10,19H,4,11H2,1-3H3. The number of hydrogen-bond acceptors (Lipinski definition) is 3. The molecular weight excluding hydrogens is 269 g/mol. The Morgan fingerprint density at radius 1 is 1.10 bits per heavy atom. The largest absolute Gasteiger partial charge is 0.493 e. The van der Waals surface area contributed by atoms with E-state index in [0.717, 1.165) is 22.6 Å². The molecule has 0 aliphatic carbocycles. The number of ether oxygens (including phenoxy) is 2. The van der Waals surface area contributed by atoms with Crippen molar-refractivity contribution < 1.29 is 13.9 Å². The van der Waals surface area contributed by atoms with Gasteiger partial charge in [-0.2, -0.15) is 0 Å². The monoisotopic (exact) mass is 289 g/mol. The molecule has 0 fully saturated rings. The van der Waals surface area contributed by atoms with E-state index in [2.05, 4.69) is 5.32 Å². The first kappa shape index (κ1) is 15.2. The normalized spacial score (nSPS) is 10.3. The van der Waals surface area contributed by atoms with Crippen LogP contribution in [0.5, 0.6) is 11.5 Å². The molecule has 0 bridgehead atoms. The molecule has 112 valence electrons. The third-order valence-electron chi connectivity index (χ3n) is 3.21. The molecular formula is C17H20FNO2. The van der Waals surface area contributed by atoms with Crippen molar-refractivity contribution in [2.45, 2.75) is 20.4 Å². The number of aryl methyl sites for hydroxylation is 1. The Morgan fingerprint density at radius 3 is 2.62 bits per heavy atom. The van der Waals surface area contributed by atoms with Gasteiger partial charge >= 0.3 is 0 Å². The van der Waals surface area contributed by atoms with Crippen molar-refractivity contribution >= 4 is 5.69 Å². The van der Waals surface area contributed by atoms with Gasteiger partial charge in [0.25, 0.3) is 0 Å². The smallest absolute Gasteiger partial charge is 0.161 e. The van der Waals surface area contributed by atoms with Crippen LogP contribution < -0.4 is 14.8 Å². The van der Waals surface area contributed by atoms with E-state index in [9.17, 15) is 4.39 Å². The van der Waals surface area contributed by atoms with Gasteiger partial charge < -0.3 is 14.8 Å². The lowest BCUT2D eigenvalue weighted by Gasteiger charge is -2.13. The number of halogens is 1. The Labute approximate surface area is 124 Å². The molecule has 2 rings (SSSR count). The summed E-state index contributed by atoms with van der Waals surface area (Å²) in [6.07, 6.45) is 0. The van der Waals surface area contributed by atoms with E-state index in [1.54, 1.807) is 13.2 Å². The molecule has 0 aliphatic rings. The molecule has 0 aliphatic heterocycles. The Kier molecular flexibility index (Phi) is 5.04. The highest BCUT2D eigenvalue weighted by molar-refractivity contribution is 5.51. The summed E-state index contributed by atoms with van der Waals surface area (Å²) in [5.74, 6) is 1.19. The van der Waals surface area contributed by atoms with Gasteiger partial charge in [-0.05, 0) is 49.2 Å². The average Bonchev–Trinajstić information content (AvgIpc) is 2.49. The van der Waals surface area contributed by atoms with Crippen LogP contribution in [0, 0.1) is 12.7 Å². The lowest BCUT2D eigenvalue weighted by molar-refractivity contribution is 0.310. The molecule has 0 atom stereocenters. The van der Waals surface area contributed by atoms with E-state index in [-0.39, 0.29) is 5.82 Å². The maximum absolute atomic E-state index is 13.3. The van der Waals surface area contributed by atoms with Gasteiger partial charge in [-0.25, -0.2) is 4.39 Å². The zero-order chi connectivity index (χ0) is 15.2. The molecule has 2 aromatic rings. The molecule has 4 heteroatoms. The van der Waals surface area contributed by atoms with E-state index >= 15 is 0 Å². The molecule has 0 spiro atoms. The molecule has 0 saturated carbocycles. The van der Waals surface area contributed by atoms with E-state index in [1.807, 2.05) is 32.0 Å². The highest BCUT2D eigenvalue weighted by Gasteiger charge is 2.06. The Balaban J connectivity index is 2.11. The Bertz CT molecular complexity index is 614. The number of hydrogen-bond donors (Lipinski definition) is 1. The summed E-state index contributed by atoms with van der Waals surface area (Å²) in [7, 11) is 1.62. The first-order valence-corrected chi connectivity index (χ1v) is 6.93. The maximum Gasteiger partial charge on any atom is 0.161 e. The minimum Gasteiger partial charge on any atom is -0.493 e. The summed E-state index contributed by atoms with van der Waals surface area (Å²) in [5, 5.41) is 3.24. The minimum absolute atomic E-state index is 0.243. The number of nitrogens with one attached hydrogen (secondary N) is 1. The summed E-state index contributed by atoms with van der Waals surface area (Å²) in [4.78, 5) is 0. The van der Waals surface area contributed by atoms with Gasteiger partial charge in [0.15, 0.2) is 11.5 Å². The van der Waals surface area contributed by atoms with Crippen LogP contribution in [-0.2, 0) is 6.54 Å². The van der Waals surface area contributed by atoms with E-state index in [1.165, 1.54) is 12.1 Å². The lowest BCUT2D eigenvalue weighted by Crippen LogP contribution is -2.03. The average molecular weight is 289 g/mol. The van der Waals surface area contributed by atoms with Crippen LogP contribution in [0.4, 0.5) is 10.1 Å². The number of rotatable bonds is 6. The summed E-state index contributed by atoms with van der Waals surface area (Å²) in [6.45, 7) is 5.06. The molecule has 0 radical (unpaired) electrons. The van der Waals surface area contributed by atoms with Crippen molar-refractivity contribution in [1.82, 2.24) is 0 Å². The van der Waals surface area contributed by atoms with E-state index in [0.29, 0.717) is 18.9 Å². The first-order chi connectivity index (χ1) is 10.1. The van der Waals surface area contributed by atoms with Gasteiger partial charge in [0.2, 0.25) is 0 Å². The highest BCUT2D eigenvalue weighted by Crippen LogP contribution is 2.28. The summed E-state index contributed by atoms with van der Waals surface area (Å²) in [5.41, 5.74) is 2.84. The Morgan fingerprint density at radius 2 is 1.90 bits per heavy atom. The third kappa shape index (κ3) is 3.88. The second-order valence-electron chi connectivity index (χ2n) is 4.73. The minimum atomic E-state index is -0.243. The molecule has 0 aromatic heterocycles. The number of anilines is 1. The molecule has 21 heavy (non-hydrogen) atoms. The summed E-state index contributed by atoms with van der Waals surface area (Å²) >= 11 is 0. The highest BCUT2D eigenvalue weighted by atomic mass is 19.1. The van der Waals surface area contributed by atoms with Gasteiger partial charge in [0.1, 0.15) is 5.82 Å². The summed E-state index contributed by atoms with van der Waals surface area (Å²) < 4.78 is 24.1. The van der Waals surface area contributed by atoms with Crippen LogP contribution in [0.3, 0.4) is 0 Å². The zero-order valence-electron chi connectivity index (χ0n) is 12.6. The topological polar surface area (TPSA) is 30.5 Å². The van der Waals surface area contributed by atoms with Crippen LogP contribution in [0.15, 0.2) is 36.4 Å². The lowest BCUT2D eigenvalue weighted by atomic mass is 10.1. The van der Waals surface area contributed by atoms with E-state index < -0.39 is 0 Å². The fourth-order valence-corrected chi connectivity index (χ4v) is 2.08. The number of benzene rings is 2. The molecule has 0 saturated heterocycles. The van der Waals surface area contributed by atoms with Gasteiger partial charge in [-0.1, -0.05) is 12.1 Å². The Hall–Kier alpha value is -2.23. The van der Waals surface area contributed by atoms with E-state index in [4.69, 9.17) is 9.47 Å². The fraction of sp³-hybridized carbons (Fsp3) is 0.294. The molecule has 0 amide bonds. The van der Waals surface area contributed by atoms with Crippen LogP contribution in [0.25, 0.3) is 0 Å². The third-order valence-corrected chi connectivity index (χ3v) is 3.21. The van der Waals surface area contributed by atoms with Crippen LogP contribution in [0.2, 0.25) is 0 Å². The predicted octanol–water partition coefficient (Wildman–Crippen LogP) is 4.15. The van der Waals surface area contributed by atoms with Crippen molar-refractivity contribution in [2.24, 2.45) is 0 Å². The molecule has 1 N–H and O–H groups in total. The predicted molar refractivity (Wildman–Crippen MR) is 82.6 cm³/mol. The van der Waals surface area contributed by atoms with Crippen molar-refractivity contribution in [2.75, 3.05) is 19.0 Å². The molecule has 2 aromatic carbocycles. The molecule has 3 nitrogen and oxygen atoms in total. The van der Waals surface area contributed by atoms with Crippen molar-refractivity contribution in [1.29, 1.82) is 0 Å². The van der Waals surface area contributed by atoms with Gasteiger partial charge in [0, 0.05) is 12.2 Å².